The van der Waals surface area contributed by atoms with Gasteiger partial charge in [0.1, 0.15) is 0 Å². The molecule has 0 spiro atoms. The Balaban J connectivity index is 1.39. The largest absolute Gasteiger partial charge is 0.379 e. The van der Waals surface area contributed by atoms with Gasteiger partial charge in [-0.05, 0) is 42.2 Å². The third-order valence-electron chi connectivity index (χ3n) is 5.63. The summed E-state index contributed by atoms with van der Waals surface area (Å²) in [6, 6.07) is 8.68. The Morgan fingerprint density at radius 2 is 2.08 bits per heavy atom. The van der Waals surface area contributed by atoms with E-state index in [2.05, 4.69) is 46.8 Å². The van der Waals surface area contributed by atoms with E-state index < -0.39 is 0 Å². The first kappa shape index (κ1) is 17.4. The first-order valence-corrected chi connectivity index (χ1v) is 10.3. The summed E-state index contributed by atoms with van der Waals surface area (Å²) < 4.78 is 12.8. The van der Waals surface area contributed by atoms with E-state index in [1.54, 1.807) is 0 Å². The zero-order valence-electron chi connectivity index (χ0n) is 15.0. The zero-order chi connectivity index (χ0) is 17.1. The van der Waals surface area contributed by atoms with E-state index in [1.807, 2.05) is 11.3 Å². The van der Waals surface area contributed by atoms with Gasteiger partial charge in [-0.3, -0.25) is 4.90 Å². The van der Waals surface area contributed by atoms with Crippen molar-refractivity contribution >= 4 is 21.4 Å². The summed E-state index contributed by atoms with van der Waals surface area (Å²) >= 11 is 1.84. The Labute approximate surface area is 154 Å². The second-order valence-electron chi connectivity index (χ2n) is 7.17. The van der Waals surface area contributed by atoms with E-state index in [4.69, 9.17) is 9.47 Å². The van der Waals surface area contributed by atoms with Crippen LogP contribution in [0.15, 0.2) is 29.6 Å². The van der Waals surface area contributed by atoms with Gasteiger partial charge in [0.05, 0.1) is 19.3 Å². The molecule has 1 saturated heterocycles. The van der Waals surface area contributed by atoms with Gasteiger partial charge >= 0.3 is 0 Å². The lowest BCUT2D eigenvalue weighted by Gasteiger charge is -2.55. The first-order valence-electron chi connectivity index (χ1n) is 9.41. The minimum absolute atomic E-state index is 0.245. The molecule has 2 heterocycles. The van der Waals surface area contributed by atoms with E-state index in [-0.39, 0.29) is 5.54 Å². The molecule has 0 atom stereocenters. The second-order valence-corrected chi connectivity index (χ2v) is 8.08. The standard InChI is InChI=1S/C20H28N2O2S/c1-2-24-17-11-20(12-17,22-7-9-23-10-8-22)15-21-13-16-14-25-19-6-4-3-5-18(16)19/h3-6,14,17,21H,2,7-13,15H2,1H3. The molecule has 1 aromatic heterocycles. The number of rotatable bonds is 7. The number of hydrogen-bond donors (Lipinski definition) is 1. The van der Waals surface area contributed by atoms with Crippen LogP contribution in [0.25, 0.3) is 10.1 Å². The molecule has 0 bridgehead atoms. The summed E-state index contributed by atoms with van der Waals surface area (Å²) in [6.07, 6.45) is 2.70. The summed E-state index contributed by atoms with van der Waals surface area (Å²) in [5, 5.41) is 7.44. The van der Waals surface area contributed by atoms with Crippen LogP contribution in [0.3, 0.4) is 0 Å². The molecular weight excluding hydrogens is 332 g/mol. The molecule has 5 heteroatoms. The average Bonchev–Trinajstić information content (AvgIpc) is 3.03. The van der Waals surface area contributed by atoms with E-state index in [0.29, 0.717) is 6.10 Å². The highest BCUT2D eigenvalue weighted by Crippen LogP contribution is 2.40. The fourth-order valence-electron chi connectivity index (χ4n) is 4.29. The van der Waals surface area contributed by atoms with Gasteiger partial charge in [0, 0.05) is 43.0 Å². The third kappa shape index (κ3) is 3.62. The molecule has 1 N–H and O–H groups in total. The summed E-state index contributed by atoms with van der Waals surface area (Å²) in [4.78, 5) is 2.63. The Bertz CT molecular complexity index is 690. The molecule has 1 aromatic carbocycles. The highest BCUT2D eigenvalue weighted by Gasteiger charge is 2.48. The number of nitrogens with zero attached hydrogens (tertiary/aromatic N) is 1. The van der Waals surface area contributed by atoms with Gasteiger partial charge < -0.3 is 14.8 Å². The lowest BCUT2D eigenvalue weighted by Crippen LogP contribution is -2.66. The number of hydrogen-bond acceptors (Lipinski definition) is 5. The number of benzene rings is 1. The van der Waals surface area contributed by atoms with Gasteiger partial charge in [-0.25, -0.2) is 0 Å². The Morgan fingerprint density at radius 3 is 2.88 bits per heavy atom. The van der Waals surface area contributed by atoms with E-state index in [9.17, 15) is 0 Å². The molecule has 2 aliphatic rings. The number of nitrogens with one attached hydrogen (secondary N) is 1. The Kier molecular flexibility index (Phi) is 5.39. The van der Waals surface area contributed by atoms with Crippen LogP contribution >= 0.6 is 11.3 Å². The van der Waals surface area contributed by atoms with Gasteiger partial charge in [-0.2, -0.15) is 0 Å². The van der Waals surface area contributed by atoms with Crippen molar-refractivity contribution in [2.75, 3.05) is 39.5 Å². The maximum atomic E-state index is 5.85. The maximum absolute atomic E-state index is 5.85. The Morgan fingerprint density at radius 1 is 1.28 bits per heavy atom. The summed E-state index contributed by atoms with van der Waals surface area (Å²) in [5.41, 5.74) is 1.66. The quantitative estimate of drug-likeness (QED) is 0.822. The molecule has 4 nitrogen and oxygen atoms in total. The van der Waals surface area contributed by atoms with Crippen LogP contribution in [-0.2, 0) is 16.0 Å². The number of fused-ring (bicyclic) bond motifs is 1. The van der Waals surface area contributed by atoms with Crippen molar-refractivity contribution in [3.05, 3.63) is 35.2 Å². The molecule has 1 aliphatic heterocycles. The molecule has 2 aromatic rings. The smallest absolute Gasteiger partial charge is 0.0611 e. The van der Waals surface area contributed by atoms with Gasteiger partial charge in [-0.1, -0.05) is 18.2 Å². The number of ether oxygens (including phenoxy) is 2. The molecule has 0 unspecified atom stereocenters. The highest BCUT2D eigenvalue weighted by molar-refractivity contribution is 7.17. The minimum atomic E-state index is 0.245. The van der Waals surface area contributed by atoms with Crippen molar-refractivity contribution in [3.8, 4) is 0 Å². The predicted octanol–water partition coefficient (Wildman–Crippen LogP) is 3.26. The van der Waals surface area contributed by atoms with E-state index in [0.717, 1.165) is 58.8 Å². The van der Waals surface area contributed by atoms with Gasteiger partial charge in [0.25, 0.3) is 0 Å². The SMILES string of the molecule is CCOC1CC(CNCc2csc3ccccc23)(N2CCOCC2)C1. The second kappa shape index (κ2) is 7.72. The Hall–Kier alpha value is -0.980. The molecule has 0 amide bonds. The van der Waals surface area contributed by atoms with Crippen molar-refractivity contribution < 1.29 is 9.47 Å². The van der Waals surface area contributed by atoms with Crippen LogP contribution in [0.4, 0.5) is 0 Å². The predicted molar refractivity (Wildman–Crippen MR) is 103 cm³/mol. The molecule has 25 heavy (non-hydrogen) atoms. The van der Waals surface area contributed by atoms with Crippen LogP contribution in [-0.4, -0.2) is 56.0 Å². The normalized spacial score (nSPS) is 27.5. The van der Waals surface area contributed by atoms with Crippen molar-refractivity contribution in [2.24, 2.45) is 0 Å². The van der Waals surface area contributed by atoms with Crippen molar-refractivity contribution in [2.45, 2.75) is 38.0 Å². The van der Waals surface area contributed by atoms with Crippen molar-refractivity contribution in [1.82, 2.24) is 10.2 Å². The van der Waals surface area contributed by atoms with Gasteiger partial charge in [0.2, 0.25) is 0 Å². The number of thiophene rings is 1. The average molecular weight is 361 g/mol. The molecule has 0 radical (unpaired) electrons. The molecule has 2 fully saturated rings. The van der Waals surface area contributed by atoms with Crippen LogP contribution in [0.2, 0.25) is 0 Å². The van der Waals surface area contributed by atoms with Gasteiger partial charge in [0.15, 0.2) is 0 Å². The van der Waals surface area contributed by atoms with Crippen LogP contribution in [0.1, 0.15) is 25.3 Å². The zero-order valence-corrected chi connectivity index (χ0v) is 15.8. The molecular formula is C20H28N2O2S. The minimum Gasteiger partial charge on any atom is -0.379 e. The fourth-order valence-corrected chi connectivity index (χ4v) is 5.26. The van der Waals surface area contributed by atoms with E-state index in [1.165, 1.54) is 15.6 Å². The fraction of sp³-hybridized carbons (Fsp3) is 0.600. The van der Waals surface area contributed by atoms with Crippen molar-refractivity contribution in [1.29, 1.82) is 0 Å². The molecule has 4 rings (SSSR count). The molecule has 136 valence electrons. The summed E-state index contributed by atoms with van der Waals surface area (Å²) in [7, 11) is 0. The first-order chi connectivity index (χ1) is 12.3. The monoisotopic (exact) mass is 360 g/mol. The molecule has 1 aliphatic carbocycles. The van der Waals surface area contributed by atoms with Crippen molar-refractivity contribution in [3.63, 3.8) is 0 Å². The van der Waals surface area contributed by atoms with Crippen LogP contribution < -0.4 is 5.32 Å². The number of morpholine rings is 1. The lowest BCUT2D eigenvalue weighted by molar-refractivity contribution is -0.125. The van der Waals surface area contributed by atoms with Crippen LogP contribution in [0.5, 0.6) is 0 Å². The summed E-state index contributed by atoms with van der Waals surface area (Å²) in [6.45, 7) is 8.68. The van der Waals surface area contributed by atoms with E-state index >= 15 is 0 Å². The topological polar surface area (TPSA) is 33.7 Å². The maximum Gasteiger partial charge on any atom is 0.0611 e. The highest BCUT2D eigenvalue weighted by atomic mass is 32.1. The van der Waals surface area contributed by atoms with Crippen LogP contribution in [0, 0.1) is 0 Å². The summed E-state index contributed by atoms with van der Waals surface area (Å²) in [5.74, 6) is 0. The third-order valence-corrected chi connectivity index (χ3v) is 6.64. The lowest BCUT2D eigenvalue weighted by atomic mass is 9.72. The molecule has 1 saturated carbocycles. The van der Waals surface area contributed by atoms with Gasteiger partial charge in [-0.15, -0.1) is 11.3 Å².